The summed E-state index contributed by atoms with van der Waals surface area (Å²) in [5.41, 5.74) is 5.54. The predicted octanol–water partition coefficient (Wildman–Crippen LogP) is 7.37. The van der Waals surface area contributed by atoms with Crippen LogP contribution in [0.1, 0.15) is 60.3 Å². The van der Waals surface area contributed by atoms with Crippen LogP contribution in [0.3, 0.4) is 0 Å². The van der Waals surface area contributed by atoms with Gasteiger partial charge in [0.2, 0.25) is 0 Å². The maximum atomic E-state index is 13.7. The normalized spacial score (nSPS) is 20.3. The maximum absolute atomic E-state index is 13.7. The first kappa shape index (κ1) is 20.2. The fourth-order valence-corrected chi connectivity index (χ4v) is 3.07. The fraction of sp³-hybridized carbons (Fsp3) is 0.500. The number of hydrogen-bond acceptors (Lipinski definition) is 0. The van der Waals surface area contributed by atoms with Gasteiger partial charge in [-0.05, 0) is 82.4 Å². The molecule has 2 heteroatoms. The van der Waals surface area contributed by atoms with Gasteiger partial charge in [0.1, 0.15) is 11.7 Å². The van der Waals surface area contributed by atoms with Crippen molar-refractivity contribution in [1.82, 2.24) is 0 Å². The van der Waals surface area contributed by atoms with Crippen LogP contribution >= 0.6 is 0 Å². The van der Waals surface area contributed by atoms with E-state index in [9.17, 15) is 4.39 Å². The van der Waals surface area contributed by atoms with Gasteiger partial charge < -0.3 is 0 Å². The van der Waals surface area contributed by atoms with E-state index in [1.807, 2.05) is 6.92 Å². The van der Waals surface area contributed by atoms with E-state index in [2.05, 4.69) is 44.8 Å². The number of nitrogens with zero attached hydrogens (tertiary/aromatic N) is 1. The molecule has 0 fully saturated rings. The molecule has 1 nitrogen and oxygen atoms in total. The van der Waals surface area contributed by atoms with Crippen molar-refractivity contribution in [2.24, 2.45) is 11.8 Å². The van der Waals surface area contributed by atoms with E-state index >= 15 is 0 Å². The van der Waals surface area contributed by atoms with E-state index in [0.717, 1.165) is 31.3 Å². The lowest BCUT2D eigenvalue weighted by molar-refractivity contribution is 0.486. The van der Waals surface area contributed by atoms with Gasteiger partial charge in [-0.3, -0.25) is 0 Å². The molecule has 0 aromatic heterocycles. The van der Waals surface area contributed by atoms with E-state index in [0.29, 0.717) is 11.6 Å². The molecule has 1 rings (SSSR count). The summed E-state index contributed by atoms with van der Waals surface area (Å²) in [4.78, 5) is 4.32. The molecule has 1 aliphatic rings. The summed E-state index contributed by atoms with van der Waals surface area (Å²) in [6, 6.07) is 3.20. The molecule has 0 bridgehead atoms. The van der Waals surface area contributed by atoms with Gasteiger partial charge in [0.25, 0.3) is 6.07 Å². The zero-order valence-electron chi connectivity index (χ0n) is 15.9. The van der Waals surface area contributed by atoms with Crippen LogP contribution in [0.4, 0.5) is 4.39 Å². The molecule has 2 atom stereocenters. The maximum Gasteiger partial charge on any atom is 0.335 e. The number of rotatable bonds is 5. The van der Waals surface area contributed by atoms with Gasteiger partial charge in [0.15, 0.2) is 0 Å². The molecule has 0 saturated carbocycles. The second-order valence-corrected chi connectivity index (χ2v) is 6.68. The molecule has 0 amide bonds. The minimum absolute atomic E-state index is 0.140. The summed E-state index contributed by atoms with van der Waals surface area (Å²) in [6.07, 6.45) is 7.24. The zero-order chi connectivity index (χ0) is 18.3. The summed E-state index contributed by atoms with van der Waals surface area (Å²) in [5, 5.41) is 0. The molecule has 0 radical (unpaired) electrons. The third kappa shape index (κ3) is 5.64. The minimum Gasteiger partial charge on any atom is -0.207 e. The molecule has 130 valence electrons. The Balaban J connectivity index is 2.98. The quantitative estimate of drug-likeness (QED) is 0.366. The van der Waals surface area contributed by atoms with Crippen LogP contribution in [-0.4, -0.2) is 0 Å². The third-order valence-corrected chi connectivity index (χ3v) is 4.82. The van der Waals surface area contributed by atoms with Crippen LogP contribution in [0.2, 0.25) is 0 Å². The molecule has 0 N–H and O–H groups in total. The van der Waals surface area contributed by atoms with Crippen molar-refractivity contribution in [1.29, 1.82) is 0 Å². The molecular formula is C22H31FN+. The van der Waals surface area contributed by atoms with Gasteiger partial charge in [-0.25, -0.2) is 4.39 Å². The van der Waals surface area contributed by atoms with Crippen LogP contribution in [0.25, 0.3) is 4.85 Å². The third-order valence-electron chi connectivity index (χ3n) is 4.82. The molecule has 24 heavy (non-hydrogen) atoms. The largest absolute Gasteiger partial charge is 0.335 e. The van der Waals surface area contributed by atoms with E-state index in [4.69, 9.17) is 0 Å². The highest BCUT2D eigenvalue weighted by Crippen LogP contribution is 2.38. The van der Waals surface area contributed by atoms with E-state index in [1.54, 1.807) is 13.0 Å². The first-order valence-electron chi connectivity index (χ1n) is 8.81. The van der Waals surface area contributed by atoms with Crippen molar-refractivity contribution >= 4 is 0 Å². The standard InChI is InChI=1S/C22H31FN/c1-8-19(12-21(23)9-2)20-11-10-16(5)22(13-20)17(6)14-24-18(7)15(3)4/h9,12,17,20H,3,7-8,10-11,13H2,1-2,4-6H3/q+1/b19-12+,21-9+. The number of halogens is 1. The molecular weight excluding hydrogens is 297 g/mol. The molecule has 0 saturated heterocycles. The smallest absolute Gasteiger partial charge is 0.207 e. The van der Waals surface area contributed by atoms with Gasteiger partial charge in [-0.2, -0.15) is 0 Å². The lowest BCUT2D eigenvalue weighted by Crippen LogP contribution is -2.15. The highest BCUT2D eigenvalue weighted by Gasteiger charge is 2.26. The lowest BCUT2D eigenvalue weighted by Gasteiger charge is -2.28. The Morgan fingerprint density at radius 3 is 2.67 bits per heavy atom. The highest BCUT2D eigenvalue weighted by molar-refractivity contribution is 5.34. The van der Waals surface area contributed by atoms with Crippen LogP contribution in [0.5, 0.6) is 0 Å². The van der Waals surface area contributed by atoms with Crippen molar-refractivity contribution in [3.63, 3.8) is 0 Å². The highest BCUT2D eigenvalue weighted by atomic mass is 19.1. The Hall–Kier alpha value is -1.88. The second-order valence-electron chi connectivity index (χ2n) is 6.68. The number of allylic oxidation sites excluding steroid dienone is 7. The zero-order valence-corrected chi connectivity index (χ0v) is 15.9. The molecule has 0 aromatic carbocycles. The fourth-order valence-electron chi connectivity index (χ4n) is 3.07. The van der Waals surface area contributed by atoms with Crippen molar-refractivity contribution in [2.75, 3.05) is 0 Å². The molecule has 0 aliphatic heterocycles. The first-order chi connectivity index (χ1) is 11.3. The minimum atomic E-state index is -0.140. The summed E-state index contributed by atoms with van der Waals surface area (Å²) < 4.78 is 13.7. The summed E-state index contributed by atoms with van der Waals surface area (Å²) >= 11 is 0. The number of hydrogen-bond donors (Lipinski definition) is 0. The van der Waals surface area contributed by atoms with Crippen LogP contribution < -0.4 is 0 Å². The van der Waals surface area contributed by atoms with Crippen molar-refractivity contribution in [3.8, 4) is 6.07 Å². The van der Waals surface area contributed by atoms with Crippen molar-refractivity contribution in [2.45, 2.75) is 60.3 Å². The molecule has 0 heterocycles. The lowest BCUT2D eigenvalue weighted by atomic mass is 9.76. The Labute approximate surface area is 147 Å². The topological polar surface area (TPSA) is 4.36 Å². The van der Waals surface area contributed by atoms with Gasteiger partial charge in [0, 0.05) is 5.57 Å². The van der Waals surface area contributed by atoms with E-state index < -0.39 is 0 Å². The van der Waals surface area contributed by atoms with Crippen LogP contribution in [0, 0.1) is 17.9 Å². The first-order valence-corrected chi connectivity index (χ1v) is 8.81. The molecule has 1 aliphatic carbocycles. The average Bonchev–Trinajstić information content (AvgIpc) is 2.57. The average molecular weight is 328 g/mol. The van der Waals surface area contributed by atoms with Gasteiger partial charge in [-0.1, -0.05) is 30.7 Å². The summed E-state index contributed by atoms with van der Waals surface area (Å²) in [7, 11) is 0. The summed E-state index contributed by atoms with van der Waals surface area (Å²) in [5.74, 6) is 0.417. The molecule has 0 aromatic rings. The SMILES string of the molecule is C=C(C)C(=C)[N+]#CC(C)C1=C(C)CCC(/C(=C/C(F)=C\C)CC)C1. The van der Waals surface area contributed by atoms with Gasteiger partial charge in [0.05, 0.1) is 0 Å². The Bertz CT molecular complexity index is 649. The van der Waals surface area contributed by atoms with Crippen molar-refractivity contribution in [3.05, 3.63) is 64.0 Å². The van der Waals surface area contributed by atoms with E-state index in [1.165, 1.54) is 22.8 Å². The Morgan fingerprint density at radius 2 is 2.12 bits per heavy atom. The summed E-state index contributed by atoms with van der Waals surface area (Å²) in [6.45, 7) is 17.8. The predicted molar refractivity (Wildman–Crippen MR) is 104 cm³/mol. The monoisotopic (exact) mass is 328 g/mol. The van der Waals surface area contributed by atoms with Crippen LogP contribution in [0.15, 0.2) is 59.1 Å². The van der Waals surface area contributed by atoms with Gasteiger partial charge in [-0.15, -0.1) is 0 Å². The van der Waals surface area contributed by atoms with Crippen LogP contribution in [-0.2, 0) is 0 Å². The van der Waals surface area contributed by atoms with E-state index in [-0.39, 0.29) is 11.7 Å². The Morgan fingerprint density at radius 1 is 1.46 bits per heavy atom. The Kier molecular flexibility index (Phi) is 7.92. The molecule has 2 unspecified atom stereocenters. The van der Waals surface area contributed by atoms with Crippen molar-refractivity contribution < 1.29 is 4.39 Å². The second kappa shape index (κ2) is 9.42. The van der Waals surface area contributed by atoms with Gasteiger partial charge >= 0.3 is 5.70 Å². The molecule has 0 spiro atoms.